The molecule has 1 heterocycles. The second-order valence-electron chi connectivity index (χ2n) is 0.982. The minimum Gasteiger partial charge on any atom is -0.375 e. The average molecular weight is 391 g/mol. The summed E-state index contributed by atoms with van der Waals surface area (Å²) in [6, 6.07) is 0. The summed E-state index contributed by atoms with van der Waals surface area (Å²) in [5.74, 6) is 0. The van der Waals surface area contributed by atoms with Crippen LogP contribution < -0.4 is 0 Å². The molecule has 1 radical (unpaired) electrons. The Labute approximate surface area is 74.9 Å². The molecule has 0 saturated heterocycles. The number of hydrogen-bond donors (Lipinski definition) is 0. The molecular weight excluding hydrogens is 389 g/mol. The third-order valence-electron chi connectivity index (χ3n) is 0.484. The molecule has 0 fully saturated rings. The zero-order valence-electron chi connectivity index (χ0n) is 3.81. The molecule has 0 N–H and O–H groups in total. The zero-order valence-corrected chi connectivity index (χ0v) is 8.68. The Morgan fingerprint density at radius 3 is 2.62 bits per heavy atom. The molecule has 8 heavy (non-hydrogen) atoms. The predicted molar refractivity (Wildman–Crippen MR) is 33.6 cm³/mol. The van der Waals surface area contributed by atoms with Gasteiger partial charge < -0.3 is 9.97 Å². The first-order chi connectivity index (χ1) is 3.39. The van der Waals surface area contributed by atoms with Crippen molar-refractivity contribution in [2.45, 2.75) is 0 Å². The van der Waals surface area contributed by atoms with Crippen LogP contribution in [-0.2, 0) is 20.4 Å². The van der Waals surface area contributed by atoms with Crippen molar-refractivity contribution in [1.29, 1.82) is 0 Å². The van der Waals surface area contributed by atoms with Gasteiger partial charge in [-0.15, -0.1) is 0 Å². The molecule has 0 aromatic carbocycles. The molecule has 0 amide bonds. The van der Waals surface area contributed by atoms with Gasteiger partial charge in [-0.3, -0.25) is 0 Å². The quantitative estimate of drug-likeness (QED) is 0.485. The topological polar surface area (TPSA) is 25.8 Å². The summed E-state index contributed by atoms with van der Waals surface area (Å²) in [6.45, 7) is 0. The standard InChI is InChI=1S/C4H2IN2.Re/c5-4-1-6-3-7-2-4;/h1,3H;/q-1;. The number of hydrogen-bond acceptors (Lipinski definition) is 2. The SMILES string of the molecule is Ic1[c-]ncnc1.[Re]. The van der Waals surface area contributed by atoms with Gasteiger partial charge in [0, 0.05) is 20.4 Å². The van der Waals surface area contributed by atoms with E-state index >= 15 is 0 Å². The zero-order chi connectivity index (χ0) is 5.11. The molecule has 0 atom stereocenters. The van der Waals surface area contributed by atoms with Gasteiger partial charge in [0.1, 0.15) is 0 Å². The monoisotopic (exact) mass is 392 g/mol. The number of halogens is 1. The summed E-state index contributed by atoms with van der Waals surface area (Å²) >= 11 is 2.10. The van der Waals surface area contributed by atoms with E-state index in [4.69, 9.17) is 0 Å². The fourth-order valence-corrected chi connectivity index (χ4v) is 0.552. The first-order valence-corrected chi connectivity index (χ1v) is 2.80. The summed E-state index contributed by atoms with van der Waals surface area (Å²) in [5.41, 5.74) is 0. The molecule has 0 spiro atoms. The van der Waals surface area contributed by atoms with E-state index in [1.807, 2.05) is 0 Å². The smallest absolute Gasteiger partial charge is 0 e. The molecule has 1 rings (SSSR count). The summed E-state index contributed by atoms with van der Waals surface area (Å²) < 4.78 is 0.945. The van der Waals surface area contributed by atoms with E-state index in [1.54, 1.807) is 6.20 Å². The van der Waals surface area contributed by atoms with Gasteiger partial charge in [-0.2, -0.15) is 0 Å². The third-order valence-corrected chi connectivity index (χ3v) is 1.00. The average Bonchev–Trinajstić information content (AvgIpc) is 1.69. The van der Waals surface area contributed by atoms with Crippen molar-refractivity contribution in [2.24, 2.45) is 0 Å². The van der Waals surface area contributed by atoms with E-state index in [1.165, 1.54) is 6.33 Å². The second-order valence-corrected chi connectivity index (χ2v) is 2.14. The molecular formula is C4H2IN2Re-. The Hall–Kier alpha value is 0.472. The summed E-state index contributed by atoms with van der Waals surface area (Å²) in [4.78, 5) is 7.38. The Morgan fingerprint density at radius 1 is 1.62 bits per heavy atom. The first-order valence-electron chi connectivity index (χ1n) is 1.73. The molecule has 0 aliphatic carbocycles. The van der Waals surface area contributed by atoms with E-state index in [0.717, 1.165) is 3.57 Å². The molecule has 0 bridgehead atoms. The van der Waals surface area contributed by atoms with Crippen LogP contribution in [0.25, 0.3) is 0 Å². The molecule has 43 valence electrons. The third kappa shape index (κ3) is 2.70. The van der Waals surface area contributed by atoms with Crippen LogP contribution in [0.15, 0.2) is 12.5 Å². The van der Waals surface area contributed by atoms with Crippen LogP contribution in [-0.4, -0.2) is 9.97 Å². The maximum Gasteiger partial charge on any atom is 0 e. The fourth-order valence-electron chi connectivity index (χ4n) is 0.252. The summed E-state index contributed by atoms with van der Waals surface area (Å²) in [6.07, 6.45) is 5.87. The van der Waals surface area contributed by atoms with Crippen molar-refractivity contribution >= 4 is 22.6 Å². The molecule has 2 nitrogen and oxygen atoms in total. The van der Waals surface area contributed by atoms with Crippen molar-refractivity contribution in [3.8, 4) is 0 Å². The fraction of sp³-hybridized carbons (Fsp3) is 0. The molecule has 1 aromatic heterocycles. The molecule has 0 unspecified atom stereocenters. The Balaban J connectivity index is 0.000000490. The minimum atomic E-state index is 0. The van der Waals surface area contributed by atoms with E-state index in [9.17, 15) is 0 Å². The van der Waals surface area contributed by atoms with Gasteiger partial charge in [-0.05, 0) is 6.33 Å². The van der Waals surface area contributed by atoms with Gasteiger partial charge in [0.05, 0.1) is 0 Å². The van der Waals surface area contributed by atoms with Crippen LogP contribution in [0.4, 0.5) is 0 Å². The van der Waals surface area contributed by atoms with Crippen LogP contribution in [0.5, 0.6) is 0 Å². The van der Waals surface area contributed by atoms with E-state index in [-0.39, 0.29) is 20.4 Å². The second kappa shape index (κ2) is 4.36. The van der Waals surface area contributed by atoms with Crippen LogP contribution in [0.2, 0.25) is 0 Å². The molecule has 0 aliphatic rings. The molecule has 0 aliphatic heterocycles. The molecule has 1 aromatic rings. The Bertz CT molecular complexity index is 144. The van der Waals surface area contributed by atoms with Gasteiger partial charge in [0.15, 0.2) is 0 Å². The number of rotatable bonds is 0. The Morgan fingerprint density at radius 2 is 2.38 bits per heavy atom. The normalized spacial score (nSPS) is 7.62. The van der Waals surface area contributed by atoms with Crippen molar-refractivity contribution in [3.05, 3.63) is 22.3 Å². The van der Waals surface area contributed by atoms with Crippen LogP contribution >= 0.6 is 22.6 Å². The minimum absolute atomic E-state index is 0. The van der Waals surface area contributed by atoms with Gasteiger partial charge in [0.2, 0.25) is 0 Å². The molecule has 4 heteroatoms. The van der Waals surface area contributed by atoms with Crippen LogP contribution in [0.1, 0.15) is 0 Å². The molecule has 0 saturated carbocycles. The van der Waals surface area contributed by atoms with Crippen LogP contribution in [0, 0.1) is 9.77 Å². The van der Waals surface area contributed by atoms with Gasteiger partial charge in [0.25, 0.3) is 0 Å². The summed E-state index contributed by atoms with van der Waals surface area (Å²) in [5, 5.41) is 0. The van der Waals surface area contributed by atoms with Gasteiger partial charge in [-0.25, -0.2) is 0 Å². The van der Waals surface area contributed by atoms with Crippen molar-refractivity contribution in [2.75, 3.05) is 0 Å². The van der Waals surface area contributed by atoms with Crippen molar-refractivity contribution in [3.63, 3.8) is 0 Å². The van der Waals surface area contributed by atoms with Crippen molar-refractivity contribution in [1.82, 2.24) is 9.97 Å². The predicted octanol–water partition coefficient (Wildman–Crippen LogP) is 0.879. The number of aromatic nitrogens is 2. The van der Waals surface area contributed by atoms with Crippen molar-refractivity contribution < 1.29 is 20.4 Å². The largest absolute Gasteiger partial charge is 0.375 e. The first kappa shape index (κ1) is 8.47. The van der Waals surface area contributed by atoms with Gasteiger partial charge in [-0.1, -0.05) is 38.6 Å². The van der Waals surface area contributed by atoms with E-state index in [0.29, 0.717) is 0 Å². The van der Waals surface area contributed by atoms with E-state index < -0.39 is 0 Å². The van der Waals surface area contributed by atoms with Crippen LogP contribution in [0.3, 0.4) is 0 Å². The summed E-state index contributed by atoms with van der Waals surface area (Å²) in [7, 11) is 0. The number of nitrogens with zero attached hydrogens (tertiary/aromatic N) is 2. The van der Waals surface area contributed by atoms with Gasteiger partial charge >= 0.3 is 0 Å². The Kier molecular flexibility index (Phi) is 4.62. The van der Waals surface area contributed by atoms with E-state index in [2.05, 4.69) is 38.8 Å². The maximum atomic E-state index is 3.73. The maximum absolute atomic E-state index is 3.73.